The van der Waals surface area contributed by atoms with Gasteiger partial charge in [0.2, 0.25) is 5.91 Å². The Morgan fingerprint density at radius 1 is 1.45 bits per heavy atom. The fourth-order valence-corrected chi connectivity index (χ4v) is 2.21. The summed E-state index contributed by atoms with van der Waals surface area (Å²) in [6.07, 6.45) is 0.285. The van der Waals surface area contributed by atoms with Crippen molar-refractivity contribution >= 4 is 23.3 Å². The molecule has 20 heavy (non-hydrogen) atoms. The summed E-state index contributed by atoms with van der Waals surface area (Å²) >= 11 is 0. The average molecular weight is 276 g/mol. The van der Waals surface area contributed by atoms with Crippen molar-refractivity contribution in [2.24, 2.45) is 5.73 Å². The number of ketones is 1. The van der Waals surface area contributed by atoms with Crippen molar-refractivity contribution in [1.82, 2.24) is 0 Å². The highest BCUT2D eigenvalue weighted by Crippen LogP contribution is 2.27. The molecule has 0 radical (unpaired) electrons. The zero-order valence-corrected chi connectivity index (χ0v) is 11.1. The molecule has 0 saturated carbocycles. The molecule has 0 aliphatic carbocycles. The van der Waals surface area contributed by atoms with E-state index < -0.39 is 11.9 Å². The van der Waals surface area contributed by atoms with Gasteiger partial charge in [-0.15, -0.1) is 0 Å². The number of primary amides is 1. The minimum atomic E-state index is -0.457. The Morgan fingerprint density at radius 3 is 2.85 bits per heavy atom. The lowest BCUT2D eigenvalue weighted by Gasteiger charge is -2.25. The van der Waals surface area contributed by atoms with Gasteiger partial charge in [0.25, 0.3) is 0 Å². The van der Waals surface area contributed by atoms with Crippen LogP contribution in [-0.2, 0) is 9.53 Å². The molecule has 0 saturated heterocycles. The van der Waals surface area contributed by atoms with E-state index in [2.05, 4.69) is 5.32 Å². The summed E-state index contributed by atoms with van der Waals surface area (Å²) in [5, 5.41) is 3.08. The number of amides is 1. The zero-order valence-electron chi connectivity index (χ0n) is 11.1. The van der Waals surface area contributed by atoms with Crippen LogP contribution >= 0.6 is 0 Å². The maximum atomic E-state index is 12.1. The summed E-state index contributed by atoms with van der Waals surface area (Å²) in [5.41, 5.74) is 6.53. The van der Waals surface area contributed by atoms with Gasteiger partial charge in [-0.25, -0.2) is 4.79 Å². The largest absolute Gasteiger partial charge is 0.462 e. The van der Waals surface area contributed by atoms with Gasteiger partial charge in [-0.05, 0) is 25.1 Å². The topological polar surface area (TPSA) is 98.5 Å². The Kier molecular flexibility index (Phi) is 4.02. The van der Waals surface area contributed by atoms with E-state index in [1.165, 1.54) is 6.07 Å². The van der Waals surface area contributed by atoms with Gasteiger partial charge in [-0.3, -0.25) is 9.59 Å². The molecule has 0 fully saturated rings. The van der Waals surface area contributed by atoms with Crippen molar-refractivity contribution in [3.63, 3.8) is 0 Å². The predicted octanol–water partition coefficient (Wildman–Crippen LogP) is 1.11. The van der Waals surface area contributed by atoms with Crippen LogP contribution in [0.1, 0.15) is 40.5 Å². The highest BCUT2D eigenvalue weighted by molar-refractivity contribution is 6.05. The molecule has 0 bridgehead atoms. The zero-order chi connectivity index (χ0) is 14.7. The van der Waals surface area contributed by atoms with Gasteiger partial charge in [0.05, 0.1) is 12.2 Å². The van der Waals surface area contributed by atoms with E-state index in [0.717, 1.165) is 0 Å². The second-order valence-electron chi connectivity index (χ2n) is 4.62. The number of benzene rings is 1. The molecule has 1 aromatic rings. The van der Waals surface area contributed by atoms with E-state index in [-0.39, 0.29) is 31.3 Å². The second kappa shape index (κ2) is 5.73. The number of Topliss-reactive ketones (excluding diaryl/α,β-unsaturated/α-hetero) is 1. The standard InChI is InChI=1S/C14H16N2O4/c1-2-20-14(19)8-3-4-11-10(5-8)12(17)6-9(16-11)7-13(15)18/h3-5,9,16H,2,6-7H2,1H3,(H2,15,18). The Hall–Kier alpha value is -2.37. The van der Waals surface area contributed by atoms with Crippen LogP contribution in [0.25, 0.3) is 0 Å². The van der Waals surface area contributed by atoms with Gasteiger partial charge in [0, 0.05) is 30.1 Å². The van der Waals surface area contributed by atoms with Gasteiger partial charge in [-0.1, -0.05) is 0 Å². The van der Waals surface area contributed by atoms with Crippen molar-refractivity contribution in [3.8, 4) is 0 Å². The van der Waals surface area contributed by atoms with Crippen LogP contribution in [0.15, 0.2) is 18.2 Å². The number of nitrogens with two attached hydrogens (primary N) is 1. The predicted molar refractivity (Wildman–Crippen MR) is 72.6 cm³/mol. The molecule has 6 nitrogen and oxygen atoms in total. The summed E-state index contributed by atoms with van der Waals surface area (Å²) in [4.78, 5) is 34.6. The van der Waals surface area contributed by atoms with Crippen LogP contribution in [0.4, 0.5) is 5.69 Å². The van der Waals surface area contributed by atoms with Crippen LogP contribution in [0.5, 0.6) is 0 Å². The molecule has 1 aliphatic rings. The number of fused-ring (bicyclic) bond motifs is 1. The summed E-state index contributed by atoms with van der Waals surface area (Å²) in [5.74, 6) is -1.03. The molecule has 2 rings (SSSR count). The van der Waals surface area contributed by atoms with E-state index in [4.69, 9.17) is 10.5 Å². The highest BCUT2D eigenvalue weighted by atomic mass is 16.5. The monoisotopic (exact) mass is 276 g/mol. The first-order valence-electron chi connectivity index (χ1n) is 6.40. The van der Waals surface area contributed by atoms with E-state index in [1.807, 2.05) is 0 Å². The SMILES string of the molecule is CCOC(=O)c1ccc2c(c1)C(=O)CC(CC(N)=O)N2. The molecule has 1 unspecified atom stereocenters. The maximum absolute atomic E-state index is 12.1. The van der Waals surface area contributed by atoms with E-state index in [9.17, 15) is 14.4 Å². The van der Waals surface area contributed by atoms with E-state index in [1.54, 1.807) is 19.1 Å². The lowest BCUT2D eigenvalue weighted by atomic mass is 9.93. The summed E-state index contributed by atoms with van der Waals surface area (Å²) in [6.45, 7) is 2.00. The number of anilines is 1. The van der Waals surface area contributed by atoms with Gasteiger partial charge < -0.3 is 15.8 Å². The molecular formula is C14H16N2O4. The molecule has 0 aromatic heterocycles. The number of carbonyl (C=O) groups excluding carboxylic acids is 3. The normalized spacial score (nSPS) is 17.1. The maximum Gasteiger partial charge on any atom is 0.338 e. The Morgan fingerprint density at radius 2 is 2.20 bits per heavy atom. The van der Waals surface area contributed by atoms with E-state index >= 15 is 0 Å². The van der Waals surface area contributed by atoms with Crippen LogP contribution in [0, 0.1) is 0 Å². The molecule has 3 N–H and O–H groups in total. The quantitative estimate of drug-likeness (QED) is 0.802. The Labute approximate surface area is 116 Å². The minimum absolute atomic E-state index is 0.102. The lowest BCUT2D eigenvalue weighted by molar-refractivity contribution is -0.118. The fourth-order valence-electron chi connectivity index (χ4n) is 2.21. The first-order valence-corrected chi connectivity index (χ1v) is 6.40. The van der Waals surface area contributed by atoms with Crippen LogP contribution < -0.4 is 11.1 Å². The molecular weight excluding hydrogens is 260 g/mol. The summed E-state index contributed by atoms with van der Waals surface area (Å²) < 4.78 is 4.90. The number of nitrogens with one attached hydrogen (secondary N) is 1. The van der Waals surface area contributed by atoms with Gasteiger partial charge in [-0.2, -0.15) is 0 Å². The summed E-state index contributed by atoms with van der Waals surface area (Å²) in [6, 6.07) is 4.46. The molecule has 6 heteroatoms. The molecule has 1 atom stereocenters. The third kappa shape index (κ3) is 2.96. The number of esters is 1. The lowest BCUT2D eigenvalue weighted by Crippen LogP contribution is -2.33. The first kappa shape index (κ1) is 14.0. The van der Waals surface area contributed by atoms with Gasteiger partial charge >= 0.3 is 5.97 Å². The molecule has 1 heterocycles. The fraction of sp³-hybridized carbons (Fsp3) is 0.357. The van der Waals surface area contributed by atoms with Gasteiger partial charge in [0.15, 0.2) is 5.78 Å². The number of carbonyl (C=O) groups is 3. The van der Waals surface area contributed by atoms with Crippen LogP contribution in [0.2, 0.25) is 0 Å². The van der Waals surface area contributed by atoms with E-state index in [0.29, 0.717) is 16.8 Å². The number of ether oxygens (including phenoxy) is 1. The number of hydrogen-bond donors (Lipinski definition) is 2. The third-order valence-corrected chi connectivity index (χ3v) is 3.07. The van der Waals surface area contributed by atoms with Gasteiger partial charge in [0.1, 0.15) is 0 Å². The third-order valence-electron chi connectivity index (χ3n) is 3.07. The van der Waals surface area contributed by atoms with Crippen molar-refractivity contribution in [2.45, 2.75) is 25.8 Å². The summed E-state index contributed by atoms with van der Waals surface area (Å²) in [7, 11) is 0. The van der Waals surface area contributed by atoms with Crippen molar-refractivity contribution in [1.29, 1.82) is 0 Å². The Bertz CT molecular complexity index is 568. The van der Waals surface area contributed by atoms with Crippen molar-refractivity contribution in [2.75, 3.05) is 11.9 Å². The minimum Gasteiger partial charge on any atom is -0.462 e. The smallest absolute Gasteiger partial charge is 0.338 e. The molecule has 106 valence electrons. The van der Waals surface area contributed by atoms with Crippen LogP contribution in [0.3, 0.4) is 0 Å². The van der Waals surface area contributed by atoms with Crippen LogP contribution in [-0.4, -0.2) is 30.3 Å². The molecule has 1 aromatic carbocycles. The highest BCUT2D eigenvalue weighted by Gasteiger charge is 2.26. The Balaban J connectivity index is 2.23. The first-order chi connectivity index (χ1) is 9.51. The second-order valence-corrected chi connectivity index (χ2v) is 4.62. The van der Waals surface area contributed by atoms with Crippen molar-refractivity contribution in [3.05, 3.63) is 29.3 Å². The average Bonchev–Trinajstić information content (AvgIpc) is 2.38. The number of hydrogen-bond acceptors (Lipinski definition) is 5. The molecule has 1 amide bonds. The molecule has 0 spiro atoms. The number of rotatable bonds is 4. The van der Waals surface area contributed by atoms with Crippen molar-refractivity contribution < 1.29 is 19.1 Å². The molecule has 1 aliphatic heterocycles.